The fourth-order valence-corrected chi connectivity index (χ4v) is 4.50. The Labute approximate surface area is 177 Å². The minimum absolute atomic E-state index is 0.0969. The molecule has 31 heavy (non-hydrogen) atoms. The number of amides is 1. The van der Waals surface area contributed by atoms with Gasteiger partial charge in [-0.3, -0.25) is 14.3 Å². The van der Waals surface area contributed by atoms with Gasteiger partial charge in [0.1, 0.15) is 5.75 Å². The van der Waals surface area contributed by atoms with Gasteiger partial charge in [-0.15, -0.1) is 0 Å². The molecule has 0 radical (unpaired) electrons. The van der Waals surface area contributed by atoms with Gasteiger partial charge in [-0.05, 0) is 48.5 Å². The number of nitrogens with zero attached hydrogens (tertiary/aromatic N) is 3. The van der Waals surface area contributed by atoms with Gasteiger partial charge in [0.05, 0.1) is 23.2 Å². The first-order valence-corrected chi connectivity index (χ1v) is 10.5. The third kappa shape index (κ3) is 3.57. The Bertz CT molecular complexity index is 1420. The van der Waals surface area contributed by atoms with Crippen LogP contribution in [0.5, 0.6) is 5.75 Å². The average Bonchev–Trinajstić information content (AvgIpc) is 3.07. The molecule has 0 atom stereocenters. The third-order valence-electron chi connectivity index (χ3n) is 4.72. The first-order valence-electron chi connectivity index (χ1n) is 9.06. The summed E-state index contributed by atoms with van der Waals surface area (Å²) in [4.78, 5) is 28.7. The van der Waals surface area contributed by atoms with E-state index in [1.165, 1.54) is 73.6 Å². The second-order valence-corrected chi connectivity index (χ2v) is 8.35. The van der Waals surface area contributed by atoms with Crippen molar-refractivity contribution < 1.29 is 22.4 Å². The molecular formula is C21H17N3O6S. The van der Waals surface area contributed by atoms with Crippen molar-refractivity contribution in [2.75, 3.05) is 11.4 Å². The summed E-state index contributed by atoms with van der Waals surface area (Å²) < 4.78 is 39.3. The first kappa shape index (κ1) is 20.4. The van der Waals surface area contributed by atoms with E-state index in [0.29, 0.717) is 15.6 Å². The maximum absolute atomic E-state index is 13.6. The fourth-order valence-electron chi connectivity index (χ4n) is 3.07. The quantitative estimate of drug-likeness (QED) is 0.470. The Hall–Kier alpha value is -3.92. The molecule has 2 aromatic carbocycles. The van der Waals surface area contributed by atoms with E-state index in [0.717, 1.165) is 0 Å². The molecule has 4 rings (SSSR count). The Balaban J connectivity index is 1.88. The van der Waals surface area contributed by atoms with Crippen LogP contribution in [0.1, 0.15) is 10.4 Å². The predicted molar refractivity (Wildman–Crippen MR) is 113 cm³/mol. The van der Waals surface area contributed by atoms with Crippen molar-refractivity contribution >= 4 is 32.7 Å². The summed E-state index contributed by atoms with van der Waals surface area (Å²) in [5.41, 5.74) is 0.791. The molecule has 0 spiro atoms. The predicted octanol–water partition coefficient (Wildman–Crippen LogP) is 2.57. The molecule has 0 fully saturated rings. The highest BCUT2D eigenvalue weighted by Gasteiger charge is 2.32. The molecule has 158 valence electrons. The summed E-state index contributed by atoms with van der Waals surface area (Å²) in [6.07, 6.45) is 2.80. The number of carbonyl (C=O) groups excluding carboxylic acids is 1. The summed E-state index contributed by atoms with van der Waals surface area (Å²) >= 11 is 0. The Kier molecular flexibility index (Phi) is 5.07. The van der Waals surface area contributed by atoms with Crippen molar-refractivity contribution in [3.8, 4) is 5.75 Å². The van der Waals surface area contributed by atoms with E-state index in [2.05, 4.69) is 4.98 Å². The molecule has 2 aromatic heterocycles. The highest BCUT2D eigenvalue weighted by molar-refractivity contribution is 7.93. The number of ether oxygens (including phenoxy) is 1. The number of methoxy groups -OCH3 is 1. The normalized spacial score (nSPS) is 11.4. The standard InChI is InChI=1S/C21H17N3O6S/c1-23-18-8-7-17(13-19(18)30-21(23)26)31(27,28)24(15-3-5-16(29-2)6-4-15)20(25)14-9-11-22-12-10-14/h3-13H,1-2H3. The summed E-state index contributed by atoms with van der Waals surface area (Å²) in [7, 11) is -1.37. The van der Waals surface area contributed by atoms with E-state index in [4.69, 9.17) is 9.15 Å². The molecule has 0 saturated carbocycles. The van der Waals surface area contributed by atoms with Gasteiger partial charge in [-0.2, -0.15) is 4.31 Å². The summed E-state index contributed by atoms with van der Waals surface area (Å²) in [6.45, 7) is 0. The smallest absolute Gasteiger partial charge is 0.419 e. The maximum Gasteiger partial charge on any atom is 0.419 e. The van der Waals surface area contributed by atoms with Crippen LogP contribution in [0, 0.1) is 0 Å². The second kappa shape index (κ2) is 7.73. The lowest BCUT2D eigenvalue weighted by atomic mass is 10.2. The van der Waals surface area contributed by atoms with Gasteiger partial charge in [0.15, 0.2) is 5.58 Å². The van der Waals surface area contributed by atoms with Crippen molar-refractivity contribution in [3.63, 3.8) is 0 Å². The van der Waals surface area contributed by atoms with Crippen molar-refractivity contribution in [1.29, 1.82) is 0 Å². The molecule has 0 bridgehead atoms. The number of benzene rings is 2. The Morgan fingerprint density at radius 1 is 1.06 bits per heavy atom. The Morgan fingerprint density at radius 2 is 1.74 bits per heavy atom. The summed E-state index contributed by atoms with van der Waals surface area (Å²) in [5.74, 6) is -0.878. The van der Waals surface area contributed by atoms with Crippen LogP contribution in [0.25, 0.3) is 11.1 Å². The number of pyridine rings is 1. The highest BCUT2D eigenvalue weighted by Crippen LogP contribution is 2.29. The number of rotatable bonds is 5. The second-order valence-electron chi connectivity index (χ2n) is 6.57. The van der Waals surface area contributed by atoms with Gasteiger partial charge in [0, 0.05) is 31.1 Å². The largest absolute Gasteiger partial charge is 0.497 e. The number of carbonyl (C=O) groups is 1. The lowest BCUT2D eigenvalue weighted by Gasteiger charge is -2.23. The number of hydrogen-bond acceptors (Lipinski definition) is 7. The van der Waals surface area contributed by atoms with Crippen molar-refractivity contribution in [2.45, 2.75) is 4.90 Å². The lowest BCUT2D eigenvalue weighted by Crippen LogP contribution is -2.37. The highest BCUT2D eigenvalue weighted by atomic mass is 32.2. The molecule has 9 nitrogen and oxygen atoms in total. The van der Waals surface area contributed by atoms with Gasteiger partial charge in [-0.1, -0.05) is 0 Å². The first-order chi connectivity index (χ1) is 14.8. The molecule has 1 amide bonds. The van der Waals surface area contributed by atoms with Crippen molar-refractivity contribution in [2.24, 2.45) is 7.05 Å². The summed E-state index contributed by atoms with van der Waals surface area (Å²) in [6, 6.07) is 12.9. The van der Waals surface area contributed by atoms with Crippen LogP contribution in [0.4, 0.5) is 5.69 Å². The molecule has 2 heterocycles. The van der Waals surface area contributed by atoms with Crippen LogP contribution in [0.15, 0.2) is 81.1 Å². The van der Waals surface area contributed by atoms with Gasteiger partial charge in [-0.25, -0.2) is 13.2 Å². The molecule has 0 aliphatic heterocycles. The Morgan fingerprint density at radius 3 is 2.39 bits per heavy atom. The van der Waals surface area contributed by atoms with Crippen LogP contribution < -0.4 is 14.8 Å². The monoisotopic (exact) mass is 439 g/mol. The van der Waals surface area contributed by atoms with E-state index in [-0.39, 0.29) is 21.7 Å². The SMILES string of the molecule is COc1ccc(N(C(=O)c2ccncc2)S(=O)(=O)c2ccc3c(c2)oc(=O)n3C)cc1. The summed E-state index contributed by atoms with van der Waals surface area (Å²) in [5, 5.41) is 0. The molecule has 4 aromatic rings. The molecule has 0 aliphatic rings. The van der Waals surface area contributed by atoms with Gasteiger partial charge < -0.3 is 9.15 Å². The number of fused-ring (bicyclic) bond motifs is 1. The van der Waals surface area contributed by atoms with E-state index >= 15 is 0 Å². The van der Waals surface area contributed by atoms with Crippen LogP contribution in [0.3, 0.4) is 0 Å². The average molecular weight is 439 g/mol. The molecule has 0 aliphatic carbocycles. The number of aryl methyl sites for hydroxylation is 1. The van der Waals surface area contributed by atoms with Crippen molar-refractivity contribution in [3.05, 3.63) is 83.1 Å². The van der Waals surface area contributed by atoms with E-state index in [1.54, 1.807) is 12.1 Å². The van der Waals surface area contributed by atoms with E-state index in [1.807, 2.05) is 0 Å². The number of aromatic nitrogens is 2. The van der Waals surface area contributed by atoms with E-state index in [9.17, 15) is 18.0 Å². The minimum Gasteiger partial charge on any atom is -0.497 e. The van der Waals surface area contributed by atoms with Crippen LogP contribution >= 0.6 is 0 Å². The zero-order chi connectivity index (χ0) is 22.2. The van der Waals surface area contributed by atoms with Crippen LogP contribution in [-0.4, -0.2) is 31.0 Å². The zero-order valence-electron chi connectivity index (χ0n) is 16.6. The fraction of sp³-hybridized carbons (Fsp3) is 0.0952. The molecule has 0 unspecified atom stereocenters. The van der Waals surface area contributed by atoms with E-state index < -0.39 is 21.7 Å². The maximum atomic E-state index is 13.6. The minimum atomic E-state index is -4.36. The third-order valence-corrected chi connectivity index (χ3v) is 6.43. The van der Waals surface area contributed by atoms with Crippen LogP contribution in [-0.2, 0) is 17.1 Å². The molecule has 10 heteroatoms. The van der Waals surface area contributed by atoms with Crippen molar-refractivity contribution in [1.82, 2.24) is 9.55 Å². The number of oxazole rings is 1. The van der Waals surface area contributed by atoms with Crippen LogP contribution in [0.2, 0.25) is 0 Å². The topological polar surface area (TPSA) is 112 Å². The number of hydrogen-bond donors (Lipinski definition) is 0. The number of anilines is 1. The molecule has 0 saturated heterocycles. The number of sulfonamides is 1. The lowest BCUT2D eigenvalue weighted by molar-refractivity contribution is 0.100. The van der Waals surface area contributed by atoms with Gasteiger partial charge >= 0.3 is 5.76 Å². The molecular weight excluding hydrogens is 422 g/mol. The molecule has 0 N–H and O–H groups in total. The zero-order valence-corrected chi connectivity index (χ0v) is 17.4. The van der Waals surface area contributed by atoms with Gasteiger partial charge in [0.25, 0.3) is 15.9 Å². The van der Waals surface area contributed by atoms with Gasteiger partial charge in [0.2, 0.25) is 0 Å².